The van der Waals surface area contributed by atoms with Crippen molar-refractivity contribution in [1.29, 1.82) is 0 Å². The zero-order chi connectivity index (χ0) is 19.2. The number of hydrogen-bond acceptors (Lipinski definition) is 5. The number of nitrogens with one attached hydrogen (secondary N) is 1. The van der Waals surface area contributed by atoms with Crippen LogP contribution in [0.1, 0.15) is 23.0 Å². The lowest BCUT2D eigenvalue weighted by Gasteiger charge is -2.35. The topological polar surface area (TPSA) is 74.8 Å². The summed E-state index contributed by atoms with van der Waals surface area (Å²) in [6.45, 7) is 4.89. The number of anilines is 1. The average molecular weight is 368 g/mol. The maximum absolute atomic E-state index is 12.4. The highest BCUT2D eigenvalue weighted by atomic mass is 16.5. The minimum atomic E-state index is -0.213. The molecule has 1 aliphatic heterocycles. The Labute approximate surface area is 158 Å². The van der Waals surface area contributed by atoms with Gasteiger partial charge in [-0.25, -0.2) is 0 Å². The molecule has 0 bridgehead atoms. The highest BCUT2D eigenvalue weighted by Crippen LogP contribution is 2.17. The summed E-state index contributed by atoms with van der Waals surface area (Å²) in [4.78, 5) is 32.1. The maximum Gasteiger partial charge on any atom is 0.270 e. The lowest BCUT2D eigenvalue weighted by Crippen LogP contribution is -2.48. The smallest absolute Gasteiger partial charge is 0.270 e. The summed E-state index contributed by atoms with van der Waals surface area (Å²) in [6, 6.07) is 11.2. The van der Waals surface area contributed by atoms with Crippen LogP contribution in [0.4, 0.5) is 5.69 Å². The van der Waals surface area contributed by atoms with Crippen LogP contribution in [0.3, 0.4) is 0 Å². The fourth-order valence-electron chi connectivity index (χ4n) is 3.04. The summed E-state index contributed by atoms with van der Waals surface area (Å²) < 4.78 is 5.13. The minimum Gasteiger partial charge on any atom is -0.497 e. The van der Waals surface area contributed by atoms with E-state index < -0.39 is 0 Å². The number of piperazine rings is 1. The second-order valence-electron chi connectivity index (χ2n) is 6.42. The monoisotopic (exact) mass is 368 g/mol. The zero-order valence-electron chi connectivity index (χ0n) is 15.6. The van der Waals surface area contributed by atoms with E-state index in [1.807, 2.05) is 35.2 Å². The van der Waals surface area contributed by atoms with Crippen LogP contribution >= 0.6 is 0 Å². The Morgan fingerprint density at radius 3 is 2.44 bits per heavy atom. The Bertz CT molecular complexity index is 799. The van der Waals surface area contributed by atoms with Gasteiger partial charge in [-0.1, -0.05) is 12.1 Å². The van der Waals surface area contributed by atoms with Crippen molar-refractivity contribution < 1.29 is 14.3 Å². The largest absolute Gasteiger partial charge is 0.497 e. The summed E-state index contributed by atoms with van der Waals surface area (Å²) in [5.74, 6) is 0.669. The molecule has 0 unspecified atom stereocenters. The predicted molar refractivity (Wildman–Crippen MR) is 103 cm³/mol. The van der Waals surface area contributed by atoms with Crippen LogP contribution in [-0.2, 0) is 11.3 Å². The number of hydrogen-bond donors (Lipinski definition) is 1. The summed E-state index contributed by atoms with van der Waals surface area (Å²) in [7, 11) is 1.62. The summed E-state index contributed by atoms with van der Waals surface area (Å²) in [6.07, 6.45) is 1.65. The van der Waals surface area contributed by atoms with Crippen LogP contribution in [0.15, 0.2) is 42.6 Å². The lowest BCUT2D eigenvalue weighted by molar-refractivity contribution is -0.129. The summed E-state index contributed by atoms with van der Waals surface area (Å²) in [5, 5.41) is 2.89. The molecule has 7 heteroatoms. The van der Waals surface area contributed by atoms with Gasteiger partial charge in [0, 0.05) is 51.5 Å². The van der Waals surface area contributed by atoms with E-state index in [0.717, 1.165) is 30.1 Å². The molecule has 2 amide bonds. The van der Waals surface area contributed by atoms with Crippen molar-refractivity contribution in [2.75, 3.05) is 38.2 Å². The van der Waals surface area contributed by atoms with Crippen LogP contribution in [0.25, 0.3) is 0 Å². The van der Waals surface area contributed by atoms with Crippen molar-refractivity contribution in [3.8, 4) is 5.75 Å². The Balaban J connectivity index is 1.59. The van der Waals surface area contributed by atoms with Gasteiger partial charge in [-0.05, 0) is 29.8 Å². The molecule has 0 aliphatic carbocycles. The SMILES string of the molecule is COc1ccc(CNC(=O)c2cc(N3CCN(C(C)=O)CC3)ccn2)cc1. The molecular formula is C20H24N4O3. The van der Waals surface area contributed by atoms with Crippen LogP contribution < -0.4 is 15.0 Å². The van der Waals surface area contributed by atoms with Crippen molar-refractivity contribution in [2.24, 2.45) is 0 Å². The fraction of sp³-hybridized carbons (Fsp3) is 0.350. The number of aromatic nitrogens is 1. The third-order valence-electron chi connectivity index (χ3n) is 4.68. The van der Waals surface area contributed by atoms with Crippen molar-refractivity contribution >= 4 is 17.5 Å². The van der Waals surface area contributed by atoms with Gasteiger partial charge in [0.1, 0.15) is 11.4 Å². The maximum atomic E-state index is 12.4. The molecule has 142 valence electrons. The van der Waals surface area contributed by atoms with Crippen molar-refractivity contribution in [1.82, 2.24) is 15.2 Å². The Morgan fingerprint density at radius 1 is 1.11 bits per heavy atom. The van der Waals surface area contributed by atoms with E-state index >= 15 is 0 Å². The first kappa shape index (κ1) is 18.7. The molecule has 7 nitrogen and oxygen atoms in total. The van der Waals surface area contributed by atoms with Gasteiger partial charge >= 0.3 is 0 Å². The Morgan fingerprint density at radius 2 is 1.81 bits per heavy atom. The number of pyridine rings is 1. The van der Waals surface area contributed by atoms with E-state index in [1.54, 1.807) is 26.3 Å². The second kappa shape index (κ2) is 8.53. The molecule has 0 atom stereocenters. The fourth-order valence-corrected chi connectivity index (χ4v) is 3.04. The molecule has 0 spiro atoms. The molecule has 1 N–H and O–H groups in total. The van der Waals surface area contributed by atoms with Gasteiger partial charge in [-0.3, -0.25) is 14.6 Å². The highest BCUT2D eigenvalue weighted by Gasteiger charge is 2.19. The van der Waals surface area contributed by atoms with Crippen molar-refractivity contribution in [3.63, 3.8) is 0 Å². The first-order chi connectivity index (χ1) is 13.1. The average Bonchev–Trinajstić information content (AvgIpc) is 2.72. The molecule has 2 heterocycles. The standard InChI is InChI=1S/C20H24N4O3/c1-15(25)23-9-11-24(12-10-23)17-7-8-21-19(13-17)20(26)22-14-16-3-5-18(27-2)6-4-16/h3-8,13H,9-12,14H2,1-2H3,(H,22,26). The predicted octanol–water partition coefficient (Wildman–Crippen LogP) is 1.69. The van der Waals surface area contributed by atoms with Crippen molar-refractivity contribution in [3.05, 3.63) is 53.9 Å². The van der Waals surface area contributed by atoms with E-state index in [-0.39, 0.29) is 11.8 Å². The molecular weight excluding hydrogens is 344 g/mol. The Hall–Kier alpha value is -3.09. The van der Waals surface area contributed by atoms with Gasteiger partial charge in [0.2, 0.25) is 5.91 Å². The molecule has 1 aromatic carbocycles. The first-order valence-corrected chi connectivity index (χ1v) is 8.94. The number of carbonyl (C=O) groups is 2. The number of carbonyl (C=O) groups excluding carboxylic acids is 2. The lowest BCUT2D eigenvalue weighted by atomic mass is 10.2. The molecule has 3 rings (SSSR count). The third-order valence-corrected chi connectivity index (χ3v) is 4.68. The van der Waals surface area contributed by atoms with Gasteiger partial charge < -0.3 is 19.9 Å². The van der Waals surface area contributed by atoms with E-state index in [4.69, 9.17) is 4.74 Å². The number of ether oxygens (including phenoxy) is 1. The van der Waals surface area contributed by atoms with Crippen LogP contribution in [0.5, 0.6) is 5.75 Å². The number of methoxy groups -OCH3 is 1. The number of nitrogens with zero attached hydrogens (tertiary/aromatic N) is 3. The number of amides is 2. The molecule has 1 aliphatic rings. The second-order valence-corrected chi connectivity index (χ2v) is 6.42. The molecule has 1 aromatic heterocycles. The van der Waals surface area contributed by atoms with Crippen LogP contribution in [0.2, 0.25) is 0 Å². The van der Waals surface area contributed by atoms with Crippen molar-refractivity contribution in [2.45, 2.75) is 13.5 Å². The molecule has 1 fully saturated rings. The van der Waals surface area contributed by atoms with Crippen LogP contribution in [-0.4, -0.2) is 55.0 Å². The van der Waals surface area contributed by atoms with Gasteiger partial charge in [-0.2, -0.15) is 0 Å². The quantitative estimate of drug-likeness (QED) is 0.869. The van der Waals surface area contributed by atoms with E-state index in [9.17, 15) is 9.59 Å². The highest BCUT2D eigenvalue weighted by molar-refractivity contribution is 5.93. The summed E-state index contributed by atoms with van der Waals surface area (Å²) >= 11 is 0. The number of benzene rings is 1. The number of rotatable bonds is 5. The van der Waals surface area contributed by atoms with Gasteiger partial charge in [0.05, 0.1) is 7.11 Å². The van der Waals surface area contributed by atoms with Gasteiger partial charge in [-0.15, -0.1) is 0 Å². The molecule has 1 saturated heterocycles. The zero-order valence-corrected chi connectivity index (χ0v) is 15.6. The van der Waals surface area contributed by atoms with E-state index in [0.29, 0.717) is 25.3 Å². The van der Waals surface area contributed by atoms with E-state index in [2.05, 4.69) is 15.2 Å². The first-order valence-electron chi connectivity index (χ1n) is 8.94. The summed E-state index contributed by atoms with van der Waals surface area (Å²) in [5.41, 5.74) is 2.32. The molecule has 2 aromatic rings. The minimum absolute atomic E-state index is 0.1000. The van der Waals surface area contributed by atoms with E-state index in [1.165, 1.54) is 0 Å². The van der Waals surface area contributed by atoms with Gasteiger partial charge in [0.15, 0.2) is 0 Å². The molecule has 0 radical (unpaired) electrons. The Kier molecular flexibility index (Phi) is 5.90. The van der Waals surface area contributed by atoms with Gasteiger partial charge in [0.25, 0.3) is 5.91 Å². The third kappa shape index (κ3) is 4.75. The molecule has 27 heavy (non-hydrogen) atoms. The normalized spacial score (nSPS) is 14.0. The molecule has 0 saturated carbocycles. The van der Waals surface area contributed by atoms with Crippen LogP contribution in [0, 0.1) is 0 Å².